The first-order chi connectivity index (χ1) is 11.5. The molecule has 25 heavy (non-hydrogen) atoms. The van der Waals surface area contributed by atoms with Gasteiger partial charge in [0.1, 0.15) is 22.3 Å². The van der Waals surface area contributed by atoms with Crippen LogP contribution in [0.5, 0.6) is 0 Å². The van der Waals surface area contributed by atoms with Crippen LogP contribution < -0.4 is 10.6 Å². The second-order valence-electron chi connectivity index (χ2n) is 5.90. The van der Waals surface area contributed by atoms with Crippen LogP contribution in [0.4, 0.5) is 30.8 Å². The number of nitrogens with one attached hydrogen (secondary N) is 2. The maximum atomic E-state index is 14.0. The molecule has 0 bridgehead atoms. The van der Waals surface area contributed by atoms with Gasteiger partial charge in [-0.25, -0.2) is 18.6 Å². The number of nitrogens with zero attached hydrogens (tertiary/aromatic N) is 2. The van der Waals surface area contributed by atoms with E-state index in [9.17, 15) is 13.6 Å². The first kappa shape index (κ1) is 19.1. The number of ether oxygens (including phenoxy) is 1. The molecular weight excluding hydrogens is 377 g/mol. The summed E-state index contributed by atoms with van der Waals surface area (Å²) in [6.45, 7) is 4.96. The van der Waals surface area contributed by atoms with E-state index in [0.29, 0.717) is 6.07 Å². The summed E-state index contributed by atoms with van der Waals surface area (Å²) in [7, 11) is 0. The number of carbonyl (C=O) groups excluding carboxylic acids is 1. The lowest BCUT2D eigenvalue weighted by atomic mass is 10.2. The van der Waals surface area contributed by atoms with Crippen molar-refractivity contribution in [1.82, 2.24) is 9.97 Å². The zero-order valence-corrected chi connectivity index (χ0v) is 15.0. The molecule has 0 aliphatic heterocycles. The lowest BCUT2D eigenvalue weighted by molar-refractivity contribution is 0.0635. The highest BCUT2D eigenvalue weighted by Gasteiger charge is 2.19. The summed E-state index contributed by atoms with van der Waals surface area (Å²) in [6.07, 6.45) is 0.340. The van der Waals surface area contributed by atoms with Crippen LogP contribution in [0.15, 0.2) is 18.3 Å². The number of amides is 1. The molecule has 0 atom stereocenters. The number of hydrogen-bond donors (Lipinski definition) is 2. The molecule has 1 amide bonds. The van der Waals surface area contributed by atoms with Crippen molar-refractivity contribution < 1.29 is 18.3 Å². The Kier molecular flexibility index (Phi) is 5.64. The molecule has 0 fully saturated rings. The molecular formula is C15H14Cl2F2N4O2. The Morgan fingerprint density at radius 3 is 2.44 bits per heavy atom. The first-order valence-corrected chi connectivity index (χ1v) is 7.75. The number of anilines is 3. The first-order valence-electron chi connectivity index (χ1n) is 6.99. The fourth-order valence-corrected chi connectivity index (χ4v) is 1.99. The minimum absolute atomic E-state index is 0.0235. The Labute approximate surface area is 152 Å². The van der Waals surface area contributed by atoms with Gasteiger partial charge < -0.3 is 10.1 Å². The molecule has 0 spiro atoms. The summed E-state index contributed by atoms with van der Waals surface area (Å²) in [5, 5.41) is 4.75. The minimum atomic E-state index is -0.972. The minimum Gasteiger partial charge on any atom is -0.444 e. The normalized spacial score (nSPS) is 11.2. The average Bonchev–Trinajstić information content (AvgIpc) is 2.45. The van der Waals surface area contributed by atoms with Crippen molar-refractivity contribution in [1.29, 1.82) is 0 Å². The number of halogens is 4. The van der Waals surface area contributed by atoms with E-state index < -0.39 is 23.3 Å². The Hall–Kier alpha value is -2.19. The van der Waals surface area contributed by atoms with E-state index >= 15 is 0 Å². The maximum absolute atomic E-state index is 14.0. The highest BCUT2D eigenvalue weighted by atomic mass is 35.5. The Morgan fingerprint density at radius 2 is 1.80 bits per heavy atom. The highest BCUT2D eigenvalue weighted by Crippen LogP contribution is 2.29. The van der Waals surface area contributed by atoms with Gasteiger partial charge in [0.25, 0.3) is 0 Å². The zero-order valence-electron chi connectivity index (χ0n) is 13.5. The molecule has 0 radical (unpaired) electrons. The molecule has 1 heterocycles. The van der Waals surface area contributed by atoms with Crippen LogP contribution in [-0.2, 0) is 4.74 Å². The summed E-state index contributed by atoms with van der Waals surface area (Å²) in [5.41, 5.74) is -1.23. The third-order valence-electron chi connectivity index (χ3n) is 2.66. The van der Waals surface area contributed by atoms with Gasteiger partial charge in [0.2, 0.25) is 5.28 Å². The second kappa shape index (κ2) is 7.37. The lowest BCUT2D eigenvalue weighted by Crippen LogP contribution is -2.27. The van der Waals surface area contributed by atoms with E-state index in [0.717, 1.165) is 6.07 Å². The topological polar surface area (TPSA) is 76.1 Å². The molecule has 1 aromatic heterocycles. The van der Waals surface area contributed by atoms with Gasteiger partial charge >= 0.3 is 6.09 Å². The van der Waals surface area contributed by atoms with E-state index in [1.807, 2.05) is 0 Å². The van der Waals surface area contributed by atoms with Crippen LogP contribution >= 0.6 is 23.2 Å². The SMILES string of the molecule is CC(C)(C)OC(=O)Nc1cc(Nc2nc(Cl)ncc2Cl)c(F)cc1F. The Balaban J connectivity index is 2.28. The van der Waals surface area contributed by atoms with Gasteiger partial charge in [0.05, 0.1) is 17.6 Å². The quantitative estimate of drug-likeness (QED) is 0.708. The molecule has 1 aromatic carbocycles. The van der Waals surface area contributed by atoms with Crippen LogP contribution in [0.25, 0.3) is 0 Å². The molecule has 6 nitrogen and oxygen atoms in total. The molecule has 10 heteroatoms. The standard InChI is InChI=1S/C15H14Cl2F2N4O2/c1-15(2,3)25-14(24)22-11-5-10(8(18)4-9(11)19)21-12-7(16)6-20-13(17)23-12/h4-6H,1-3H3,(H,22,24)(H,20,21,23). The van der Waals surface area contributed by atoms with Crippen LogP contribution in [0.1, 0.15) is 20.8 Å². The number of hydrogen-bond acceptors (Lipinski definition) is 5. The van der Waals surface area contributed by atoms with Crippen molar-refractivity contribution in [3.8, 4) is 0 Å². The van der Waals surface area contributed by atoms with E-state index in [4.69, 9.17) is 27.9 Å². The molecule has 0 aliphatic rings. The van der Waals surface area contributed by atoms with E-state index in [-0.39, 0.29) is 27.5 Å². The second-order valence-corrected chi connectivity index (χ2v) is 6.64. The fraction of sp³-hybridized carbons (Fsp3) is 0.267. The molecule has 0 unspecified atom stereocenters. The zero-order chi connectivity index (χ0) is 18.8. The van der Waals surface area contributed by atoms with Gasteiger partial charge in [0.15, 0.2) is 5.82 Å². The molecule has 0 aliphatic carbocycles. The maximum Gasteiger partial charge on any atom is 0.412 e. The van der Waals surface area contributed by atoms with Gasteiger partial charge in [-0.1, -0.05) is 11.6 Å². The van der Waals surface area contributed by atoms with E-state index in [1.54, 1.807) is 20.8 Å². The fourth-order valence-electron chi connectivity index (χ4n) is 1.71. The molecule has 0 saturated heterocycles. The third kappa shape index (κ3) is 5.40. The Bertz CT molecular complexity index is 813. The smallest absolute Gasteiger partial charge is 0.412 e. The molecule has 2 rings (SSSR count). The van der Waals surface area contributed by atoms with Crippen molar-refractivity contribution in [2.75, 3.05) is 10.6 Å². The summed E-state index contributed by atoms with van der Waals surface area (Å²) >= 11 is 11.6. The van der Waals surface area contributed by atoms with Crippen LogP contribution in [0.3, 0.4) is 0 Å². The summed E-state index contributed by atoms with van der Waals surface area (Å²) < 4.78 is 32.9. The predicted molar refractivity (Wildman–Crippen MR) is 91.5 cm³/mol. The van der Waals surface area contributed by atoms with Crippen LogP contribution in [-0.4, -0.2) is 21.7 Å². The monoisotopic (exact) mass is 390 g/mol. The predicted octanol–water partition coefficient (Wildman–Crippen LogP) is 5.15. The van der Waals surface area contributed by atoms with E-state index in [2.05, 4.69) is 20.6 Å². The molecule has 134 valence electrons. The van der Waals surface area contributed by atoms with Gasteiger partial charge in [0, 0.05) is 6.07 Å². The van der Waals surface area contributed by atoms with Gasteiger partial charge in [-0.05, 0) is 38.4 Å². The van der Waals surface area contributed by atoms with E-state index in [1.165, 1.54) is 6.20 Å². The van der Waals surface area contributed by atoms with Crippen LogP contribution in [0, 0.1) is 11.6 Å². The number of benzene rings is 1. The average molecular weight is 391 g/mol. The number of rotatable bonds is 3. The van der Waals surface area contributed by atoms with Crippen molar-refractivity contribution in [2.45, 2.75) is 26.4 Å². The summed E-state index contributed by atoms with van der Waals surface area (Å²) in [4.78, 5) is 19.2. The Morgan fingerprint density at radius 1 is 1.16 bits per heavy atom. The van der Waals surface area contributed by atoms with Crippen molar-refractivity contribution in [3.05, 3.63) is 40.3 Å². The highest BCUT2D eigenvalue weighted by molar-refractivity contribution is 6.33. The molecule has 2 aromatic rings. The third-order valence-corrected chi connectivity index (χ3v) is 3.12. The summed E-state index contributed by atoms with van der Waals surface area (Å²) in [6, 6.07) is 1.65. The molecule has 0 saturated carbocycles. The summed E-state index contributed by atoms with van der Waals surface area (Å²) in [5.74, 6) is -1.87. The van der Waals surface area contributed by atoms with Crippen molar-refractivity contribution in [2.24, 2.45) is 0 Å². The largest absolute Gasteiger partial charge is 0.444 e. The van der Waals surface area contributed by atoms with Gasteiger partial charge in [-0.15, -0.1) is 0 Å². The van der Waals surface area contributed by atoms with Gasteiger partial charge in [-0.3, -0.25) is 5.32 Å². The number of aromatic nitrogens is 2. The lowest BCUT2D eigenvalue weighted by Gasteiger charge is -2.20. The van der Waals surface area contributed by atoms with Crippen LogP contribution in [0.2, 0.25) is 10.3 Å². The van der Waals surface area contributed by atoms with Crippen molar-refractivity contribution in [3.63, 3.8) is 0 Å². The van der Waals surface area contributed by atoms with Crippen molar-refractivity contribution >= 4 is 46.5 Å². The molecule has 2 N–H and O–H groups in total. The number of carbonyl (C=O) groups is 1. The van der Waals surface area contributed by atoms with Gasteiger partial charge in [-0.2, -0.15) is 4.98 Å².